The molecule has 2 N–H and O–H groups in total. The van der Waals surface area contributed by atoms with Gasteiger partial charge in [0.05, 0.1) is 11.7 Å². The Balaban J connectivity index is 1.56. The van der Waals surface area contributed by atoms with E-state index in [-0.39, 0.29) is 23.9 Å². The number of thiophene rings is 2. The molecule has 3 heterocycles. The molecule has 0 atom stereocenters. The summed E-state index contributed by atoms with van der Waals surface area (Å²) in [4.78, 5) is 42.2. The predicted molar refractivity (Wildman–Crippen MR) is 96.2 cm³/mol. The van der Waals surface area contributed by atoms with Crippen LogP contribution in [0, 0.1) is 5.92 Å². The Morgan fingerprint density at radius 1 is 1.28 bits per heavy atom. The molecule has 0 radical (unpaired) electrons. The molecule has 1 saturated carbocycles. The second-order valence-corrected chi connectivity index (χ2v) is 7.60. The Hall–Kier alpha value is -2.52. The van der Waals surface area contributed by atoms with Crippen LogP contribution >= 0.6 is 22.7 Å². The number of hydrogen-bond acceptors (Lipinski definition) is 6. The summed E-state index contributed by atoms with van der Waals surface area (Å²) in [6, 6.07) is 3.87. The van der Waals surface area contributed by atoms with Gasteiger partial charge in [0, 0.05) is 21.7 Å². The van der Waals surface area contributed by atoms with Crippen LogP contribution in [0.3, 0.4) is 0 Å². The second-order valence-electron chi connectivity index (χ2n) is 5.80. The standard InChI is InChI=1S/C16H14N4O3S2/c21-12(18-19-14(22)9-3-4-9)6-20-8-17-15-13(16(20)23)10(7-25-15)11-2-1-5-24-11/h1-2,5,7-9H,3-4,6H2,(H,18,21)(H,19,22). The molecule has 1 aliphatic carbocycles. The van der Waals surface area contributed by atoms with Gasteiger partial charge in [0.25, 0.3) is 11.5 Å². The first-order valence-corrected chi connectivity index (χ1v) is 9.48. The third-order valence-corrected chi connectivity index (χ3v) is 5.72. The van der Waals surface area contributed by atoms with Gasteiger partial charge in [-0.05, 0) is 24.3 Å². The van der Waals surface area contributed by atoms with E-state index in [1.54, 1.807) is 11.3 Å². The van der Waals surface area contributed by atoms with Crippen molar-refractivity contribution in [2.24, 2.45) is 5.92 Å². The van der Waals surface area contributed by atoms with Crippen molar-refractivity contribution in [3.63, 3.8) is 0 Å². The molecule has 3 aromatic heterocycles. The number of aromatic nitrogens is 2. The van der Waals surface area contributed by atoms with Gasteiger partial charge in [0.1, 0.15) is 11.4 Å². The molecule has 0 aromatic carbocycles. The number of hydrazine groups is 1. The molecule has 128 valence electrons. The second kappa shape index (κ2) is 6.41. The number of amides is 2. The van der Waals surface area contributed by atoms with Crippen LogP contribution in [0.15, 0.2) is 34.0 Å². The smallest absolute Gasteiger partial charge is 0.263 e. The molecule has 1 fully saturated rings. The van der Waals surface area contributed by atoms with Gasteiger partial charge >= 0.3 is 0 Å². The molecule has 25 heavy (non-hydrogen) atoms. The minimum Gasteiger partial charge on any atom is -0.289 e. The Labute approximate surface area is 150 Å². The van der Waals surface area contributed by atoms with Crippen LogP contribution in [-0.4, -0.2) is 21.4 Å². The molecular formula is C16H14N4O3S2. The number of nitrogens with zero attached hydrogens (tertiary/aromatic N) is 2. The van der Waals surface area contributed by atoms with E-state index in [0.717, 1.165) is 23.3 Å². The van der Waals surface area contributed by atoms with E-state index < -0.39 is 5.91 Å². The fraction of sp³-hybridized carbons (Fsp3) is 0.250. The summed E-state index contributed by atoms with van der Waals surface area (Å²) in [5, 5.41) is 4.37. The van der Waals surface area contributed by atoms with E-state index in [9.17, 15) is 14.4 Å². The van der Waals surface area contributed by atoms with Crippen molar-refractivity contribution in [2.45, 2.75) is 19.4 Å². The van der Waals surface area contributed by atoms with Crippen molar-refractivity contribution in [3.05, 3.63) is 39.6 Å². The van der Waals surface area contributed by atoms with E-state index in [0.29, 0.717) is 10.2 Å². The Morgan fingerprint density at radius 3 is 2.84 bits per heavy atom. The van der Waals surface area contributed by atoms with Gasteiger partial charge < -0.3 is 0 Å². The summed E-state index contributed by atoms with van der Waals surface area (Å²) in [5.74, 6) is -0.655. The first kappa shape index (κ1) is 16.0. The number of carbonyl (C=O) groups excluding carboxylic acids is 2. The molecule has 2 amide bonds. The number of carbonyl (C=O) groups is 2. The topological polar surface area (TPSA) is 93.1 Å². The van der Waals surface area contributed by atoms with Gasteiger partial charge in [0.2, 0.25) is 5.91 Å². The van der Waals surface area contributed by atoms with Crippen LogP contribution in [0.4, 0.5) is 0 Å². The highest BCUT2D eigenvalue weighted by atomic mass is 32.1. The van der Waals surface area contributed by atoms with Crippen LogP contribution in [0.1, 0.15) is 12.8 Å². The predicted octanol–water partition coefficient (Wildman–Crippen LogP) is 1.74. The molecule has 0 aliphatic heterocycles. The van der Waals surface area contributed by atoms with Crippen molar-refractivity contribution in [2.75, 3.05) is 0 Å². The quantitative estimate of drug-likeness (QED) is 0.681. The SMILES string of the molecule is O=C(Cn1cnc2scc(-c3cccs3)c2c1=O)NNC(=O)C1CC1. The molecule has 0 unspecified atom stereocenters. The maximum Gasteiger partial charge on any atom is 0.263 e. The summed E-state index contributed by atoms with van der Waals surface area (Å²) in [6.45, 7) is -0.202. The number of nitrogens with one attached hydrogen (secondary N) is 2. The third kappa shape index (κ3) is 3.20. The normalized spacial score (nSPS) is 13.8. The van der Waals surface area contributed by atoms with Crippen LogP contribution in [-0.2, 0) is 16.1 Å². The Morgan fingerprint density at radius 2 is 2.12 bits per heavy atom. The molecule has 0 spiro atoms. The van der Waals surface area contributed by atoms with E-state index in [2.05, 4.69) is 15.8 Å². The first-order chi connectivity index (χ1) is 12.1. The van der Waals surface area contributed by atoms with Crippen molar-refractivity contribution in [1.29, 1.82) is 0 Å². The Kier molecular flexibility index (Phi) is 4.10. The zero-order chi connectivity index (χ0) is 17.4. The van der Waals surface area contributed by atoms with Crippen LogP contribution in [0.5, 0.6) is 0 Å². The lowest BCUT2D eigenvalue weighted by Crippen LogP contribution is -2.44. The summed E-state index contributed by atoms with van der Waals surface area (Å²) >= 11 is 2.95. The summed E-state index contributed by atoms with van der Waals surface area (Å²) in [5.41, 5.74) is 5.29. The lowest BCUT2D eigenvalue weighted by Gasteiger charge is -2.08. The number of rotatable bonds is 4. The van der Waals surface area contributed by atoms with Gasteiger partial charge in [-0.15, -0.1) is 22.7 Å². The number of fused-ring (bicyclic) bond motifs is 1. The third-order valence-electron chi connectivity index (χ3n) is 3.93. The summed E-state index contributed by atoms with van der Waals surface area (Å²) < 4.78 is 1.25. The van der Waals surface area contributed by atoms with Crippen LogP contribution in [0.2, 0.25) is 0 Å². The number of hydrogen-bond donors (Lipinski definition) is 2. The lowest BCUT2D eigenvalue weighted by molar-refractivity contribution is -0.129. The highest BCUT2D eigenvalue weighted by molar-refractivity contribution is 7.18. The monoisotopic (exact) mass is 374 g/mol. The van der Waals surface area contributed by atoms with Crippen molar-refractivity contribution < 1.29 is 9.59 Å². The van der Waals surface area contributed by atoms with Crippen LogP contribution in [0.25, 0.3) is 20.7 Å². The fourth-order valence-electron chi connectivity index (χ4n) is 2.47. The van der Waals surface area contributed by atoms with E-state index in [1.807, 2.05) is 22.9 Å². The van der Waals surface area contributed by atoms with Gasteiger partial charge in [0.15, 0.2) is 0 Å². The summed E-state index contributed by atoms with van der Waals surface area (Å²) in [6.07, 6.45) is 3.07. The summed E-state index contributed by atoms with van der Waals surface area (Å²) in [7, 11) is 0. The van der Waals surface area contributed by atoms with Crippen LogP contribution < -0.4 is 16.4 Å². The van der Waals surface area contributed by atoms with E-state index in [4.69, 9.17) is 0 Å². The highest BCUT2D eigenvalue weighted by Crippen LogP contribution is 2.33. The molecule has 4 rings (SSSR count). The average Bonchev–Trinajstić information content (AvgIpc) is 3.14. The molecule has 0 saturated heterocycles. The molecular weight excluding hydrogens is 360 g/mol. The minimum absolute atomic E-state index is 0.000185. The Bertz CT molecular complexity index is 1000. The maximum atomic E-state index is 12.8. The van der Waals surface area contributed by atoms with Gasteiger partial charge in [-0.1, -0.05) is 6.07 Å². The average molecular weight is 374 g/mol. The highest BCUT2D eigenvalue weighted by Gasteiger charge is 2.29. The van der Waals surface area contributed by atoms with Gasteiger partial charge in [-0.2, -0.15) is 0 Å². The van der Waals surface area contributed by atoms with E-state index in [1.165, 1.54) is 22.2 Å². The van der Waals surface area contributed by atoms with E-state index >= 15 is 0 Å². The van der Waals surface area contributed by atoms with Gasteiger partial charge in [-0.3, -0.25) is 29.8 Å². The van der Waals surface area contributed by atoms with Crippen molar-refractivity contribution >= 4 is 44.7 Å². The molecule has 0 bridgehead atoms. The minimum atomic E-state index is -0.467. The molecule has 3 aromatic rings. The van der Waals surface area contributed by atoms with Crippen molar-refractivity contribution in [3.8, 4) is 10.4 Å². The maximum absolute atomic E-state index is 12.8. The molecule has 1 aliphatic rings. The largest absolute Gasteiger partial charge is 0.289 e. The lowest BCUT2D eigenvalue weighted by atomic mass is 10.2. The zero-order valence-corrected chi connectivity index (χ0v) is 14.7. The first-order valence-electron chi connectivity index (χ1n) is 7.72. The zero-order valence-electron chi connectivity index (χ0n) is 13.0. The van der Waals surface area contributed by atoms with Crippen molar-refractivity contribution in [1.82, 2.24) is 20.4 Å². The molecule has 9 heteroatoms. The fourth-order valence-corrected chi connectivity index (χ4v) is 4.19. The molecule has 7 nitrogen and oxygen atoms in total. The van der Waals surface area contributed by atoms with Gasteiger partial charge in [-0.25, -0.2) is 4.98 Å².